The predicted octanol–water partition coefficient (Wildman–Crippen LogP) is -0.00130. The van der Waals surface area contributed by atoms with Gasteiger partial charge < -0.3 is 0 Å². The van der Waals surface area contributed by atoms with Crippen LogP contribution < -0.4 is 5.69 Å². The fourth-order valence-corrected chi connectivity index (χ4v) is 1.24. The molecule has 0 amide bonds. The highest BCUT2D eigenvalue weighted by Gasteiger charge is 2.10. The first kappa shape index (κ1) is 6.39. The molecular weight excluding hydrogens is 142 g/mol. The maximum Gasteiger partial charge on any atom is 0.349 e. The van der Waals surface area contributed by atoms with Gasteiger partial charge in [0.1, 0.15) is 5.82 Å². The molecule has 0 bridgehead atoms. The third-order valence-electron chi connectivity index (χ3n) is 1.82. The third kappa shape index (κ3) is 0.824. The van der Waals surface area contributed by atoms with E-state index in [1.807, 2.05) is 6.08 Å². The number of aromatic nitrogens is 3. The molecule has 0 atom stereocenters. The number of rotatable bonds is 0. The van der Waals surface area contributed by atoms with Crippen molar-refractivity contribution in [2.45, 2.75) is 12.8 Å². The van der Waals surface area contributed by atoms with Gasteiger partial charge in [-0.15, -0.1) is 0 Å². The zero-order valence-electron chi connectivity index (χ0n) is 6.32. The van der Waals surface area contributed by atoms with Crippen LogP contribution >= 0.6 is 0 Å². The minimum absolute atomic E-state index is 0.0593. The van der Waals surface area contributed by atoms with Gasteiger partial charge in [0.25, 0.3) is 0 Å². The zero-order chi connectivity index (χ0) is 7.84. The van der Waals surface area contributed by atoms with Crippen LogP contribution in [0.4, 0.5) is 0 Å². The van der Waals surface area contributed by atoms with Gasteiger partial charge in [0.05, 0.1) is 0 Å². The topological polar surface area (TPSA) is 39.8 Å². The van der Waals surface area contributed by atoms with Crippen molar-refractivity contribution in [1.29, 1.82) is 0 Å². The summed E-state index contributed by atoms with van der Waals surface area (Å²) in [6, 6.07) is 0. The molecule has 58 valence electrons. The molecule has 1 aromatic heterocycles. The van der Waals surface area contributed by atoms with Crippen LogP contribution in [0, 0.1) is 0 Å². The molecule has 0 aromatic carbocycles. The molecule has 4 nitrogen and oxygen atoms in total. The first-order valence-electron chi connectivity index (χ1n) is 3.60. The Morgan fingerprint density at radius 2 is 2.45 bits per heavy atom. The SMILES string of the molecule is Cn1nc2n(c1=O)C=CCC2. The summed E-state index contributed by atoms with van der Waals surface area (Å²) in [4.78, 5) is 11.2. The van der Waals surface area contributed by atoms with E-state index in [0.717, 1.165) is 18.7 Å². The van der Waals surface area contributed by atoms with Crippen LogP contribution in [0.2, 0.25) is 0 Å². The van der Waals surface area contributed by atoms with Crippen molar-refractivity contribution in [1.82, 2.24) is 14.3 Å². The number of aryl methyl sites for hydroxylation is 2. The Balaban J connectivity index is 2.71. The van der Waals surface area contributed by atoms with Crippen LogP contribution in [0.25, 0.3) is 6.20 Å². The molecule has 11 heavy (non-hydrogen) atoms. The largest absolute Gasteiger partial charge is 0.349 e. The van der Waals surface area contributed by atoms with Crippen LogP contribution in [0.15, 0.2) is 10.9 Å². The van der Waals surface area contributed by atoms with E-state index in [9.17, 15) is 4.79 Å². The second-order valence-electron chi connectivity index (χ2n) is 2.62. The Morgan fingerprint density at radius 1 is 1.64 bits per heavy atom. The molecule has 0 aliphatic carbocycles. The number of nitrogens with zero attached hydrogens (tertiary/aromatic N) is 3. The lowest BCUT2D eigenvalue weighted by molar-refractivity contribution is 0.718. The maximum atomic E-state index is 11.2. The van der Waals surface area contributed by atoms with Crippen molar-refractivity contribution in [3.8, 4) is 0 Å². The highest BCUT2D eigenvalue weighted by Crippen LogP contribution is 2.04. The molecule has 0 fully saturated rings. The van der Waals surface area contributed by atoms with E-state index in [4.69, 9.17) is 0 Å². The Labute approximate surface area is 63.8 Å². The molecular formula is C7H9N3O. The van der Waals surface area contributed by atoms with E-state index in [1.54, 1.807) is 17.8 Å². The summed E-state index contributed by atoms with van der Waals surface area (Å²) >= 11 is 0. The van der Waals surface area contributed by atoms with Crippen molar-refractivity contribution >= 4 is 6.20 Å². The van der Waals surface area contributed by atoms with E-state index in [-0.39, 0.29) is 5.69 Å². The minimum Gasteiger partial charge on any atom is -0.254 e. The Bertz CT molecular complexity index is 358. The molecule has 0 saturated carbocycles. The van der Waals surface area contributed by atoms with Crippen molar-refractivity contribution in [2.75, 3.05) is 0 Å². The average molecular weight is 151 g/mol. The van der Waals surface area contributed by atoms with E-state index < -0.39 is 0 Å². The maximum absolute atomic E-state index is 11.2. The summed E-state index contributed by atoms with van der Waals surface area (Å²) in [5.41, 5.74) is -0.0593. The molecule has 0 radical (unpaired) electrons. The van der Waals surface area contributed by atoms with E-state index in [0.29, 0.717) is 0 Å². The number of hydrogen-bond donors (Lipinski definition) is 0. The normalized spacial score (nSPS) is 15.0. The summed E-state index contributed by atoms with van der Waals surface area (Å²) in [7, 11) is 1.67. The smallest absolute Gasteiger partial charge is 0.254 e. The van der Waals surface area contributed by atoms with Gasteiger partial charge in [0.15, 0.2) is 0 Å². The molecule has 1 aliphatic heterocycles. The molecule has 4 heteroatoms. The molecule has 0 saturated heterocycles. The van der Waals surface area contributed by atoms with Crippen LogP contribution in [0.5, 0.6) is 0 Å². The second kappa shape index (κ2) is 2.08. The Morgan fingerprint density at radius 3 is 3.18 bits per heavy atom. The highest BCUT2D eigenvalue weighted by atomic mass is 16.2. The number of allylic oxidation sites excluding steroid dienone is 1. The van der Waals surface area contributed by atoms with Gasteiger partial charge in [-0.25, -0.2) is 9.48 Å². The minimum atomic E-state index is -0.0593. The molecule has 2 rings (SSSR count). The number of fused-ring (bicyclic) bond motifs is 1. The first-order valence-corrected chi connectivity index (χ1v) is 3.60. The van der Waals surface area contributed by atoms with Crippen molar-refractivity contribution in [3.05, 3.63) is 22.4 Å². The lowest BCUT2D eigenvalue weighted by Crippen LogP contribution is -2.20. The molecule has 0 unspecified atom stereocenters. The van der Waals surface area contributed by atoms with Gasteiger partial charge in [-0.2, -0.15) is 5.10 Å². The summed E-state index contributed by atoms with van der Waals surface area (Å²) in [5.74, 6) is 0.861. The third-order valence-corrected chi connectivity index (χ3v) is 1.82. The van der Waals surface area contributed by atoms with Crippen LogP contribution in [-0.2, 0) is 13.5 Å². The first-order chi connectivity index (χ1) is 5.29. The lowest BCUT2D eigenvalue weighted by Gasteiger charge is -2.01. The molecule has 1 aliphatic rings. The molecule has 0 N–H and O–H groups in total. The average Bonchev–Trinajstić information content (AvgIpc) is 2.30. The summed E-state index contributed by atoms with van der Waals surface area (Å²) in [5, 5.41) is 4.07. The van der Waals surface area contributed by atoms with Gasteiger partial charge in [-0.05, 0) is 6.42 Å². The monoisotopic (exact) mass is 151 g/mol. The fourth-order valence-electron chi connectivity index (χ4n) is 1.24. The van der Waals surface area contributed by atoms with Gasteiger partial charge in [-0.3, -0.25) is 4.57 Å². The summed E-state index contributed by atoms with van der Waals surface area (Å²) in [6.07, 6.45) is 5.62. The lowest BCUT2D eigenvalue weighted by atomic mass is 10.2. The second-order valence-corrected chi connectivity index (χ2v) is 2.62. The van der Waals surface area contributed by atoms with Crippen LogP contribution in [-0.4, -0.2) is 14.3 Å². The van der Waals surface area contributed by atoms with Gasteiger partial charge in [-0.1, -0.05) is 6.08 Å². The fraction of sp³-hybridized carbons (Fsp3) is 0.429. The van der Waals surface area contributed by atoms with E-state index in [1.165, 1.54) is 4.68 Å². The van der Waals surface area contributed by atoms with Crippen molar-refractivity contribution in [3.63, 3.8) is 0 Å². The van der Waals surface area contributed by atoms with Crippen LogP contribution in [0.3, 0.4) is 0 Å². The predicted molar refractivity (Wildman–Crippen MR) is 41.1 cm³/mol. The van der Waals surface area contributed by atoms with Gasteiger partial charge in [0.2, 0.25) is 0 Å². The zero-order valence-corrected chi connectivity index (χ0v) is 6.32. The standard InChI is InChI=1S/C7H9N3O/c1-9-7(11)10-5-3-2-4-6(10)8-9/h3,5H,2,4H2,1H3. The highest BCUT2D eigenvalue weighted by molar-refractivity contribution is 5.26. The van der Waals surface area contributed by atoms with Gasteiger partial charge >= 0.3 is 5.69 Å². The Hall–Kier alpha value is -1.32. The van der Waals surface area contributed by atoms with Gasteiger partial charge in [0, 0.05) is 19.7 Å². The molecule has 1 aromatic rings. The Kier molecular flexibility index (Phi) is 1.21. The summed E-state index contributed by atoms with van der Waals surface area (Å²) in [6.45, 7) is 0. The molecule has 0 spiro atoms. The van der Waals surface area contributed by atoms with Crippen molar-refractivity contribution in [2.24, 2.45) is 7.05 Å². The van der Waals surface area contributed by atoms with Crippen molar-refractivity contribution < 1.29 is 0 Å². The van der Waals surface area contributed by atoms with E-state index >= 15 is 0 Å². The van der Waals surface area contributed by atoms with E-state index in [2.05, 4.69) is 5.10 Å². The molecule has 2 heterocycles. The number of hydrogen-bond acceptors (Lipinski definition) is 2. The summed E-state index contributed by atoms with van der Waals surface area (Å²) < 4.78 is 2.95. The quantitative estimate of drug-likeness (QED) is 0.523. The van der Waals surface area contributed by atoms with Crippen LogP contribution in [0.1, 0.15) is 12.2 Å².